The Morgan fingerprint density at radius 1 is 1.10 bits per heavy atom. The molecule has 2 aromatic carbocycles. The van der Waals surface area contributed by atoms with Crippen LogP contribution < -0.4 is 5.43 Å². The number of rotatable bonds is 6. The number of carbonyl (C=O) groups excluding carboxylic acids is 1. The van der Waals surface area contributed by atoms with Gasteiger partial charge in [-0.1, -0.05) is 55.8 Å². The van der Waals surface area contributed by atoms with Crippen molar-refractivity contribution in [2.24, 2.45) is 0 Å². The van der Waals surface area contributed by atoms with Crippen molar-refractivity contribution in [2.45, 2.75) is 26.8 Å². The first-order valence-corrected chi connectivity index (χ1v) is 10.7. The predicted molar refractivity (Wildman–Crippen MR) is 119 cm³/mol. The average Bonchev–Trinajstić information content (AvgIpc) is 3.03. The fourth-order valence-corrected chi connectivity index (χ4v) is 4.31. The van der Waals surface area contributed by atoms with Gasteiger partial charge in [0.05, 0.1) is 17.0 Å². The van der Waals surface area contributed by atoms with Gasteiger partial charge in [-0.25, -0.2) is 0 Å². The number of carbonyl (C=O) groups is 1. The van der Waals surface area contributed by atoms with E-state index in [1.54, 1.807) is 17.0 Å². The fourth-order valence-electron chi connectivity index (χ4n) is 4.14. The summed E-state index contributed by atoms with van der Waals surface area (Å²) < 4.78 is 6.01. The smallest absolute Gasteiger partial charge is 0.290 e. The highest BCUT2D eigenvalue weighted by atomic mass is 35.5. The minimum Gasteiger partial charge on any atom is -0.450 e. The maximum Gasteiger partial charge on any atom is 0.290 e. The lowest BCUT2D eigenvalue weighted by molar-refractivity contribution is 0.0708. The fraction of sp³-hybridized carbons (Fsp3) is 0.333. The van der Waals surface area contributed by atoms with Crippen molar-refractivity contribution in [2.75, 3.05) is 26.2 Å². The van der Waals surface area contributed by atoms with Crippen LogP contribution in [0.1, 0.15) is 47.1 Å². The summed E-state index contributed by atoms with van der Waals surface area (Å²) in [4.78, 5) is 30.9. The van der Waals surface area contributed by atoms with Gasteiger partial charge < -0.3 is 14.2 Å². The van der Waals surface area contributed by atoms with Crippen LogP contribution in [-0.2, 0) is 0 Å². The van der Waals surface area contributed by atoms with E-state index < -0.39 is 6.04 Å². The molecule has 0 spiro atoms. The molecule has 1 aliphatic heterocycles. The van der Waals surface area contributed by atoms with Gasteiger partial charge >= 0.3 is 0 Å². The summed E-state index contributed by atoms with van der Waals surface area (Å²) in [6.45, 7) is 9.10. The maximum atomic E-state index is 13.5. The molecule has 0 bridgehead atoms. The molecule has 1 amide bonds. The molecule has 0 unspecified atom stereocenters. The van der Waals surface area contributed by atoms with Crippen LogP contribution in [0.25, 0.3) is 11.0 Å². The molecule has 2 heterocycles. The minimum atomic E-state index is -0.468. The van der Waals surface area contributed by atoms with Crippen LogP contribution in [0.3, 0.4) is 0 Å². The predicted octanol–water partition coefficient (Wildman–Crippen LogP) is 4.64. The molecule has 0 radical (unpaired) electrons. The molecule has 3 aromatic rings. The van der Waals surface area contributed by atoms with E-state index >= 15 is 0 Å². The highest BCUT2D eigenvalue weighted by Gasteiger charge is 2.42. The Balaban J connectivity index is 1.89. The summed E-state index contributed by atoms with van der Waals surface area (Å²) >= 11 is 6.27. The molecule has 0 saturated heterocycles. The molecule has 6 heteroatoms. The number of hydrogen-bond acceptors (Lipinski definition) is 4. The van der Waals surface area contributed by atoms with Gasteiger partial charge in [0, 0.05) is 18.1 Å². The molecular weight excluding hydrogens is 400 g/mol. The van der Waals surface area contributed by atoms with E-state index in [0.717, 1.165) is 30.8 Å². The zero-order valence-corrected chi connectivity index (χ0v) is 18.2. The second-order valence-corrected chi connectivity index (χ2v) is 8.02. The summed E-state index contributed by atoms with van der Waals surface area (Å²) in [5.41, 5.74) is 2.30. The molecule has 5 nitrogen and oxygen atoms in total. The monoisotopic (exact) mass is 424 g/mol. The van der Waals surface area contributed by atoms with E-state index in [1.165, 1.54) is 0 Å². The molecular formula is C24H25ClN2O3. The van der Waals surface area contributed by atoms with E-state index in [0.29, 0.717) is 28.1 Å². The number of nitrogens with zero attached hydrogens (tertiary/aromatic N) is 2. The highest BCUT2D eigenvalue weighted by Crippen LogP contribution is 2.38. The largest absolute Gasteiger partial charge is 0.450 e. The normalized spacial score (nSPS) is 16.0. The first-order valence-electron chi connectivity index (χ1n) is 10.3. The maximum absolute atomic E-state index is 13.5. The van der Waals surface area contributed by atoms with Crippen LogP contribution in [0.4, 0.5) is 0 Å². The minimum absolute atomic E-state index is 0.141. The molecule has 4 rings (SSSR count). The van der Waals surface area contributed by atoms with Gasteiger partial charge in [-0.2, -0.15) is 0 Å². The summed E-state index contributed by atoms with van der Waals surface area (Å²) in [7, 11) is 0. The Morgan fingerprint density at radius 3 is 2.47 bits per heavy atom. The Morgan fingerprint density at radius 2 is 1.80 bits per heavy atom. The number of likely N-dealkylation sites (N-methyl/N-ethyl adjacent to an activating group) is 1. The number of benzene rings is 2. The van der Waals surface area contributed by atoms with Crippen LogP contribution >= 0.6 is 11.6 Å². The van der Waals surface area contributed by atoms with Crippen LogP contribution in [0.15, 0.2) is 51.7 Å². The lowest BCUT2D eigenvalue weighted by Crippen LogP contribution is -2.37. The van der Waals surface area contributed by atoms with Crippen LogP contribution in [0.5, 0.6) is 0 Å². The van der Waals surface area contributed by atoms with Crippen LogP contribution in [0, 0.1) is 6.92 Å². The van der Waals surface area contributed by atoms with Gasteiger partial charge in [-0.15, -0.1) is 0 Å². The quantitative estimate of drug-likeness (QED) is 0.578. The van der Waals surface area contributed by atoms with Crippen molar-refractivity contribution in [1.82, 2.24) is 9.80 Å². The van der Waals surface area contributed by atoms with Crippen molar-refractivity contribution in [3.8, 4) is 0 Å². The van der Waals surface area contributed by atoms with Gasteiger partial charge in [0.15, 0.2) is 5.43 Å². The summed E-state index contributed by atoms with van der Waals surface area (Å²) in [6.07, 6.45) is 0. The third-order valence-corrected chi connectivity index (χ3v) is 6.32. The van der Waals surface area contributed by atoms with E-state index in [4.69, 9.17) is 16.0 Å². The summed E-state index contributed by atoms with van der Waals surface area (Å²) in [5, 5.41) is 0.914. The van der Waals surface area contributed by atoms with Crippen LogP contribution in [0.2, 0.25) is 5.02 Å². The molecule has 0 fully saturated rings. The first kappa shape index (κ1) is 20.6. The number of hydrogen-bond donors (Lipinski definition) is 0. The lowest BCUT2D eigenvalue weighted by atomic mass is 9.98. The van der Waals surface area contributed by atoms with Gasteiger partial charge in [0.25, 0.3) is 5.91 Å². The highest BCUT2D eigenvalue weighted by molar-refractivity contribution is 6.32. The van der Waals surface area contributed by atoms with Crippen molar-refractivity contribution in [3.63, 3.8) is 0 Å². The van der Waals surface area contributed by atoms with Crippen LogP contribution in [-0.4, -0.2) is 41.9 Å². The van der Waals surface area contributed by atoms with E-state index in [2.05, 4.69) is 18.7 Å². The van der Waals surface area contributed by atoms with E-state index in [9.17, 15) is 9.59 Å². The van der Waals surface area contributed by atoms with Gasteiger partial charge in [-0.3, -0.25) is 9.59 Å². The van der Waals surface area contributed by atoms with Crippen molar-refractivity contribution in [1.29, 1.82) is 0 Å². The molecule has 1 aromatic heterocycles. The van der Waals surface area contributed by atoms with Crippen molar-refractivity contribution < 1.29 is 9.21 Å². The number of halogens is 1. The Labute approximate surface area is 180 Å². The zero-order chi connectivity index (χ0) is 21.4. The molecule has 0 N–H and O–H groups in total. The average molecular weight is 425 g/mol. The Kier molecular flexibility index (Phi) is 5.67. The topological polar surface area (TPSA) is 53.8 Å². The lowest BCUT2D eigenvalue weighted by Gasteiger charge is -2.28. The Hall–Kier alpha value is -2.63. The molecule has 0 aliphatic carbocycles. The van der Waals surface area contributed by atoms with Gasteiger partial charge in [0.1, 0.15) is 5.58 Å². The molecule has 156 valence electrons. The van der Waals surface area contributed by atoms with Gasteiger partial charge in [-0.05, 0) is 43.3 Å². The molecule has 1 aliphatic rings. The molecule has 1 atom stereocenters. The zero-order valence-electron chi connectivity index (χ0n) is 17.4. The van der Waals surface area contributed by atoms with Crippen molar-refractivity contribution in [3.05, 3.63) is 80.2 Å². The standard InChI is InChI=1S/C24H25ClN2O3/c1-4-26(5-2)11-12-27-21(16-9-7-6-8-10-16)20-22(28)17-14-18(25)15(3)13-19(17)30-23(20)24(27)29/h6-10,13-14,21H,4-5,11-12H2,1-3H3/t21-/m1/s1. The van der Waals surface area contributed by atoms with E-state index in [1.807, 2.05) is 37.3 Å². The number of amides is 1. The summed E-state index contributed by atoms with van der Waals surface area (Å²) in [6, 6.07) is 12.6. The molecule has 0 saturated carbocycles. The SMILES string of the molecule is CCN(CC)CCN1C(=O)c2oc3cc(C)c(Cl)cc3c(=O)c2[C@H]1c1ccccc1. The third kappa shape index (κ3) is 3.42. The van der Waals surface area contributed by atoms with E-state index in [-0.39, 0.29) is 17.1 Å². The third-order valence-electron chi connectivity index (χ3n) is 5.91. The Bertz CT molecular complexity index is 1150. The number of fused-ring (bicyclic) bond motifs is 2. The first-order chi connectivity index (χ1) is 14.5. The molecule has 30 heavy (non-hydrogen) atoms. The second-order valence-electron chi connectivity index (χ2n) is 7.61. The second kappa shape index (κ2) is 8.25. The number of aryl methyl sites for hydroxylation is 1. The van der Waals surface area contributed by atoms with Crippen molar-refractivity contribution >= 4 is 28.5 Å². The summed E-state index contributed by atoms with van der Waals surface area (Å²) in [5.74, 6) is -0.0970. The van der Waals surface area contributed by atoms with Gasteiger partial charge in [0.2, 0.25) is 5.76 Å².